The summed E-state index contributed by atoms with van der Waals surface area (Å²) in [6, 6.07) is 7.87. The second-order valence-electron chi connectivity index (χ2n) is 5.68. The summed E-state index contributed by atoms with van der Waals surface area (Å²) in [6.45, 7) is 6.11. The molecule has 2 rings (SSSR count). The third-order valence-electron chi connectivity index (χ3n) is 2.63. The van der Waals surface area contributed by atoms with Gasteiger partial charge in [0.15, 0.2) is 0 Å². The Morgan fingerprint density at radius 2 is 2.10 bits per heavy atom. The molecule has 4 nitrogen and oxygen atoms in total. The fraction of sp³-hybridized carbons (Fsp3) is 0.333. The first-order valence-corrected chi connectivity index (χ1v) is 7.24. The minimum Gasteiger partial charge on any atom is -0.374 e. The summed E-state index contributed by atoms with van der Waals surface area (Å²) in [5.41, 5.74) is 1.50. The lowest BCUT2D eigenvalue weighted by Crippen LogP contribution is -2.43. The van der Waals surface area contributed by atoms with Crippen LogP contribution in [-0.2, 0) is 4.79 Å². The van der Waals surface area contributed by atoms with E-state index in [1.807, 2.05) is 45.0 Å². The summed E-state index contributed by atoms with van der Waals surface area (Å²) in [6.07, 6.45) is 1.75. The first-order chi connectivity index (χ1) is 9.35. The second-order valence-corrected chi connectivity index (χ2v) is 6.60. The average molecular weight is 336 g/mol. The molecule has 0 aliphatic heterocycles. The highest BCUT2D eigenvalue weighted by Crippen LogP contribution is 2.23. The number of carbonyl (C=O) groups excluding carboxylic acids is 1. The van der Waals surface area contributed by atoms with E-state index in [-0.39, 0.29) is 18.0 Å². The summed E-state index contributed by atoms with van der Waals surface area (Å²) in [7, 11) is 0. The van der Waals surface area contributed by atoms with Gasteiger partial charge in [-0.3, -0.25) is 9.78 Å². The van der Waals surface area contributed by atoms with Gasteiger partial charge in [-0.1, -0.05) is 12.1 Å². The lowest BCUT2D eigenvalue weighted by Gasteiger charge is -2.20. The van der Waals surface area contributed by atoms with Gasteiger partial charge in [-0.05, 0) is 48.8 Å². The Balaban J connectivity index is 2.12. The van der Waals surface area contributed by atoms with Crippen molar-refractivity contribution in [1.82, 2.24) is 10.3 Å². The van der Waals surface area contributed by atoms with E-state index in [1.165, 1.54) is 0 Å². The number of nitrogens with zero attached hydrogens (tertiary/aromatic N) is 1. The van der Waals surface area contributed by atoms with Crippen molar-refractivity contribution in [3.05, 3.63) is 34.9 Å². The first kappa shape index (κ1) is 14.8. The van der Waals surface area contributed by atoms with Gasteiger partial charge in [0, 0.05) is 21.6 Å². The molecule has 0 radical (unpaired) electrons. The van der Waals surface area contributed by atoms with Crippen molar-refractivity contribution < 1.29 is 4.79 Å². The van der Waals surface area contributed by atoms with E-state index in [4.69, 9.17) is 0 Å². The molecule has 2 N–H and O–H groups in total. The number of para-hydroxylation sites is 1. The van der Waals surface area contributed by atoms with Crippen LogP contribution in [0.2, 0.25) is 0 Å². The maximum atomic E-state index is 11.8. The molecule has 0 bridgehead atoms. The van der Waals surface area contributed by atoms with Crippen molar-refractivity contribution in [2.75, 3.05) is 11.9 Å². The van der Waals surface area contributed by atoms with Crippen LogP contribution in [-0.4, -0.2) is 23.0 Å². The molecule has 1 aromatic heterocycles. The van der Waals surface area contributed by atoms with Crippen molar-refractivity contribution in [3.63, 3.8) is 0 Å². The quantitative estimate of drug-likeness (QED) is 0.904. The van der Waals surface area contributed by atoms with E-state index < -0.39 is 0 Å². The molecule has 0 saturated carbocycles. The fourth-order valence-corrected chi connectivity index (χ4v) is 2.26. The van der Waals surface area contributed by atoms with Gasteiger partial charge in [-0.15, -0.1) is 0 Å². The van der Waals surface area contributed by atoms with Crippen LogP contribution in [0, 0.1) is 0 Å². The van der Waals surface area contributed by atoms with Crippen LogP contribution in [0.1, 0.15) is 20.8 Å². The van der Waals surface area contributed by atoms with Crippen LogP contribution < -0.4 is 10.6 Å². The van der Waals surface area contributed by atoms with E-state index in [2.05, 4.69) is 31.5 Å². The number of nitrogens with one attached hydrogen (secondary N) is 2. The van der Waals surface area contributed by atoms with Crippen molar-refractivity contribution in [3.8, 4) is 0 Å². The normalized spacial score (nSPS) is 11.4. The molecule has 0 aliphatic carbocycles. The largest absolute Gasteiger partial charge is 0.374 e. The van der Waals surface area contributed by atoms with Crippen molar-refractivity contribution in [2.24, 2.45) is 0 Å². The minimum absolute atomic E-state index is 0.0355. The summed E-state index contributed by atoms with van der Waals surface area (Å²) in [5.74, 6) is -0.0355. The van der Waals surface area contributed by atoms with Gasteiger partial charge in [0.05, 0.1) is 17.7 Å². The molecule has 0 atom stereocenters. The van der Waals surface area contributed by atoms with Crippen LogP contribution in [0.4, 0.5) is 5.69 Å². The Morgan fingerprint density at radius 3 is 2.80 bits per heavy atom. The molecule has 0 fully saturated rings. The maximum Gasteiger partial charge on any atom is 0.239 e. The lowest BCUT2D eigenvalue weighted by atomic mass is 10.1. The minimum atomic E-state index is -0.222. The number of rotatable bonds is 3. The van der Waals surface area contributed by atoms with E-state index in [1.54, 1.807) is 6.20 Å². The van der Waals surface area contributed by atoms with Crippen LogP contribution in [0.5, 0.6) is 0 Å². The number of carbonyl (C=O) groups is 1. The Labute approximate surface area is 127 Å². The molecule has 1 heterocycles. The predicted molar refractivity (Wildman–Crippen MR) is 85.8 cm³/mol. The molecule has 2 aromatic rings. The third kappa shape index (κ3) is 3.93. The summed E-state index contributed by atoms with van der Waals surface area (Å²) in [5, 5.41) is 7.09. The van der Waals surface area contributed by atoms with Crippen molar-refractivity contribution in [1.29, 1.82) is 0 Å². The zero-order valence-electron chi connectivity index (χ0n) is 11.8. The molecule has 5 heteroatoms. The second kappa shape index (κ2) is 5.79. The Morgan fingerprint density at radius 1 is 1.35 bits per heavy atom. The number of fused-ring (bicyclic) bond motifs is 1. The van der Waals surface area contributed by atoms with E-state index >= 15 is 0 Å². The van der Waals surface area contributed by atoms with Gasteiger partial charge in [0.25, 0.3) is 0 Å². The van der Waals surface area contributed by atoms with Gasteiger partial charge >= 0.3 is 0 Å². The maximum absolute atomic E-state index is 11.8. The van der Waals surface area contributed by atoms with Gasteiger partial charge in [0.1, 0.15) is 0 Å². The number of hydrogen-bond donors (Lipinski definition) is 2. The zero-order valence-corrected chi connectivity index (χ0v) is 13.4. The summed E-state index contributed by atoms with van der Waals surface area (Å²) in [4.78, 5) is 16.2. The molecule has 20 heavy (non-hydrogen) atoms. The smallest absolute Gasteiger partial charge is 0.239 e. The molecule has 0 unspecified atom stereocenters. The number of halogens is 1. The van der Waals surface area contributed by atoms with E-state index in [0.29, 0.717) is 0 Å². The van der Waals surface area contributed by atoms with Crippen LogP contribution in [0.3, 0.4) is 0 Å². The predicted octanol–water partition coefficient (Wildman–Crippen LogP) is 3.32. The molecular weight excluding hydrogens is 318 g/mol. The highest BCUT2D eigenvalue weighted by molar-refractivity contribution is 9.10. The number of amides is 1. The fourth-order valence-electron chi connectivity index (χ4n) is 1.91. The average Bonchev–Trinajstić information content (AvgIpc) is 2.33. The van der Waals surface area contributed by atoms with Gasteiger partial charge in [0.2, 0.25) is 5.91 Å². The highest BCUT2D eigenvalue weighted by atomic mass is 79.9. The number of aromatic nitrogens is 1. The van der Waals surface area contributed by atoms with Crippen LogP contribution >= 0.6 is 15.9 Å². The topological polar surface area (TPSA) is 54.0 Å². The molecule has 0 saturated heterocycles. The van der Waals surface area contributed by atoms with Crippen molar-refractivity contribution in [2.45, 2.75) is 26.3 Å². The number of benzene rings is 1. The Kier molecular flexibility index (Phi) is 4.28. The number of hydrogen-bond acceptors (Lipinski definition) is 3. The van der Waals surface area contributed by atoms with Crippen LogP contribution in [0.25, 0.3) is 10.9 Å². The lowest BCUT2D eigenvalue weighted by molar-refractivity contribution is -0.120. The van der Waals surface area contributed by atoms with E-state index in [9.17, 15) is 4.79 Å². The standard InChI is InChI=1S/C15H18BrN3O/c1-15(2,3)19-13(20)9-17-12-6-4-5-10-7-11(16)8-18-14(10)12/h4-8,17H,9H2,1-3H3,(H,19,20). The van der Waals surface area contributed by atoms with Gasteiger partial charge in [-0.25, -0.2) is 0 Å². The van der Waals surface area contributed by atoms with Gasteiger partial charge < -0.3 is 10.6 Å². The highest BCUT2D eigenvalue weighted by Gasteiger charge is 2.13. The van der Waals surface area contributed by atoms with Gasteiger partial charge in [-0.2, -0.15) is 0 Å². The van der Waals surface area contributed by atoms with Crippen molar-refractivity contribution >= 4 is 38.4 Å². The summed E-state index contributed by atoms with van der Waals surface area (Å²) < 4.78 is 0.938. The Hall–Kier alpha value is -1.62. The SMILES string of the molecule is CC(C)(C)NC(=O)CNc1cccc2cc(Br)cnc12. The molecule has 106 valence electrons. The monoisotopic (exact) mass is 335 g/mol. The van der Waals surface area contributed by atoms with E-state index in [0.717, 1.165) is 21.1 Å². The Bertz CT molecular complexity index is 635. The molecule has 1 amide bonds. The molecule has 0 aliphatic rings. The zero-order chi connectivity index (χ0) is 14.8. The molecule has 1 aromatic carbocycles. The summed E-state index contributed by atoms with van der Waals surface area (Å²) >= 11 is 3.41. The number of anilines is 1. The first-order valence-electron chi connectivity index (χ1n) is 6.44. The number of pyridine rings is 1. The third-order valence-corrected chi connectivity index (χ3v) is 3.07. The van der Waals surface area contributed by atoms with Crippen LogP contribution in [0.15, 0.2) is 34.9 Å². The molecular formula is C15H18BrN3O. The molecule has 0 spiro atoms.